The van der Waals surface area contributed by atoms with Crippen molar-refractivity contribution in [3.8, 4) is 0 Å². The van der Waals surface area contributed by atoms with E-state index in [9.17, 15) is 0 Å². The third-order valence-electron chi connectivity index (χ3n) is 3.74. The van der Waals surface area contributed by atoms with E-state index in [2.05, 4.69) is 57.3 Å². The summed E-state index contributed by atoms with van der Waals surface area (Å²) in [6.07, 6.45) is 4.84. The predicted molar refractivity (Wildman–Crippen MR) is 91.9 cm³/mol. The molecule has 0 spiro atoms. The molecule has 1 aromatic rings. The van der Waals surface area contributed by atoms with Crippen LogP contribution in [0.4, 0.5) is 0 Å². The van der Waals surface area contributed by atoms with Crippen LogP contribution in [0.25, 0.3) is 0 Å². The molecule has 1 atom stereocenters. The Kier molecular flexibility index (Phi) is 7.98. The summed E-state index contributed by atoms with van der Waals surface area (Å²) < 4.78 is 5.16. The average molecular weight is 291 g/mol. The molecule has 0 heterocycles. The highest BCUT2D eigenvalue weighted by Crippen LogP contribution is 2.17. The van der Waals surface area contributed by atoms with E-state index >= 15 is 0 Å². The first-order valence-electron chi connectivity index (χ1n) is 8.20. The summed E-state index contributed by atoms with van der Waals surface area (Å²) in [6.45, 7) is 10.9. The lowest BCUT2D eigenvalue weighted by molar-refractivity contribution is 0.189. The molecule has 0 fully saturated rings. The molecule has 0 aromatic heterocycles. The molecule has 2 nitrogen and oxygen atoms in total. The van der Waals surface area contributed by atoms with Gasteiger partial charge in [0.05, 0.1) is 0 Å². The van der Waals surface area contributed by atoms with E-state index in [0.717, 1.165) is 26.0 Å². The van der Waals surface area contributed by atoms with Crippen molar-refractivity contribution in [2.45, 2.75) is 58.9 Å². The minimum atomic E-state index is 0.192. The quantitative estimate of drug-likeness (QED) is 0.683. The first-order valence-corrected chi connectivity index (χ1v) is 8.20. The van der Waals surface area contributed by atoms with Gasteiger partial charge < -0.3 is 10.1 Å². The summed E-state index contributed by atoms with van der Waals surface area (Å²) in [6, 6.07) is 8.92. The summed E-state index contributed by atoms with van der Waals surface area (Å²) in [4.78, 5) is 0. The highest BCUT2D eigenvalue weighted by molar-refractivity contribution is 5.22. The third-order valence-corrected chi connectivity index (χ3v) is 3.74. The van der Waals surface area contributed by atoms with Crippen LogP contribution in [0.3, 0.4) is 0 Å². The molecule has 1 N–H and O–H groups in total. The highest BCUT2D eigenvalue weighted by atomic mass is 16.5. The Morgan fingerprint density at radius 3 is 2.57 bits per heavy atom. The fraction of sp³-hybridized carbons (Fsp3) is 0.684. The summed E-state index contributed by atoms with van der Waals surface area (Å²) in [5.74, 6) is 0.697. The Morgan fingerprint density at radius 2 is 1.95 bits per heavy atom. The number of rotatable bonds is 9. The molecular formula is C19H33NO. The fourth-order valence-electron chi connectivity index (χ4n) is 2.58. The minimum absolute atomic E-state index is 0.192. The van der Waals surface area contributed by atoms with Crippen molar-refractivity contribution in [2.75, 3.05) is 20.3 Å². The van der Waals surface area contributed by atoms with Crippen molar-refractivity contribution in [2.24, 2.45) is 5.92 Å². The van der Waals surface area contributed by atoms with E-state index < -0.39 is 0 Å². The number of hydrogen-bond donors (Lipinski definition) is 1. The molecule has 0 saturated heterocycles. The van der Waals surface area contributed by atoms with E-state index in [4.69, 9.17) is 4.74 Å². The molecule has 0 radical (unpaired) electrons. The number of benzene rings is 1. The van der Waals surface area contributed by atoms with Crippen LogP contribution in [-0.4, -0.2) is 25.8 Å². The van der Waals surface area contributed by atoms with Gasteiger partial charge in [-0.15, -0.1) is 0 Å². The van der Waals surface area contributed by atoms with E-state index in [0.29, 0.717) is 5.92 Å². The monoisotopic (exact) mass is 291 g/mol. The molecule has 0 bridgehead atoms. The van der Waals surface area contributed by atoms with Crippen LogP contribution < -0.4 is 5.32 Å². The van der Waals surface area contributed by atoms with Crippen LogP contribution in [0, 0.1) is 12.8 Å². The standard InChI is InChI=1S/C19H33NO/c1-16-9-8-11-17(13-16)14-18(10-6-7-12-21-5)15-20-19(2,3)4/h8-9,11,13,18,20H,6-7,10,12,14-15H2,1-5H3. The normalized spacial score (nSPS) is 13.4. The van der Waals surface area contributed by atoms with Gasteiger partial charge in [-0.2, -0.15) is 0 Å². The van der Waals surface area contributed by atoms with Crippen LogP contribution in [0.15, 0.2) is 24.3 Å². The summed E-state index contributed by atoms with van der Waals surface area (Å²) >= 11 is 0. The van der Waals surface area contributed by atoms with Crippen molar-refractivity contribution in [3.05, 3.63) is 35.4 Å². The summed E-state index contributed by atoms with van der Waals surface area (Å²) in [5, 5.41) is 3.67. The zero-order valence-corrected chi connectivity index (χ0v) is 14.5. The molecule has 0 aliphatic heterocycles. The molecule has 1 rings (SSSR count). The molecule has 1 unspecified atom stereocenters. The van der Waals surface area contributed by atoms with Crippen molar-refractivity contribution in [3.63, 3.8) is 0 Å². The lowest BCUT2D eigenvalue weighted by atomic mass is 9.92. The lowest BCUT2D eigenvalue weighted by Gasteiger charge is -2.25. The van der Waals surface area contributed by atoms with Crippen molar-refractivity contribution in [1.82, 2.24) is 5.32 Å². The predicted octanol–water partition coefficient (Wildman–Crippen LogP) is 4.36. The van der Waals surface area contributed by atoms with Crippen molar-refractivity contribution >= 4 is 0 Å². The molecule has 120 valence electrons. The lowest BCUT2D eigenvalue weighted by Crippen LogP contribution is -2.39. The van der Waals surface area contributed by atoms with Gasteiger partial charge in [0.15, 0.2) is 0 Å². The molecule has 1 aromatic carbocycles. The number of ether oxygens (including phenoxy) is 1. The number of hydrogen-bond acceptors (Lipinski definition) is 2. The average Bonchev–Trinajstić information content (AvgIpc) is 2.40. The Labute approximate surface area is 131 Å². The number of methoxy groups -OCH3 is 1. The Balaban J connectivity index is 2.53. The van der Waals surface area contributed by atoms with Crippen LogP contribution in [0.2, 0.25) is 0 Å². The fourth-order valence-corrected chi connectivity index (χ4v) is 2.58. The van der Waals surface area contributed by atoms with Crippen LogP contribution in [0.1, 0.15) is 51.2 Å². The Morgan fingerprint density at radius 1 is 1.19 bits per heavy atom. The first-order chi connectivity index (χ1) is 9.90. The maximum absolute atomic E-state index is 5.16. The van der Waals surface area contributed by atoms with Gasteiger partial charge in [0.1, 0.15) is 0 Å². The van der Waals surface area contributed by atoms with Gasteiger partial charge in [0.25, 0.3) is 0 Å². The molecule has 0 amide bonds. The summed E-state index contributed by atoms with van der Waals surface area (Å²) in [5.41, 5.74) is 3.01. The Bertz CT molecular complexity index is 395. The van der Waals surface area contributed by atoms with E-state index in [-0.39, 0.29) is 5.54 Å². The van der Waals surface area contributed by atoms with Crippen LogP contribution in [0.5, 0.6) is 0 Å². The second-order valence-corrected chi connectivity index (χ2v) is 7.18. The van der Waals surface area contributed by atoms with Gasteiger partial charge in [-0.3, -0.25) is 0 Å². The van der Waals surface area contributed by atoms with Gasteiger partial charge in [-0.25, -0.2) is 0 Å². The smallest absolute Gasteiger partial charge is 0.0462 e. The number of aryl methyl sites for hydroxylation is 1. The number of unbranched alkanes of at least 4 members (excludes halogenated alkanes) is 1. The zero-order valence-electron chi connectivity index (χ0n) is 14.5. The number of nitrogens with one attached hydrogen (secondary N) is 1. The highest BCUT2D eigenvalue weighted by Gasteiger charge is 2.14. The van der Waals surface area contributed by atoms with Gasteiger partial charge in [-0.05, 0) is 65.0 Å². The largest absolute Gasteiger partial charge is 0.385 e. The molecule has 0 aliphatic rings. The maximum atomic E-state index is 5.16. The molecular weight excluding hydrogens is 258 g/mol. The molecule has 2 heteroatoms. The molecule has 0 aliphatic carbocycles. The maximum Gasteiger partial charge on any atom is 0.0462 e. The van der Waals surface area contributed by atoms with E-state index in [1.165, 1.54) is 24.0 Å². The van der Waals surface area contributed by atoms with E-state index in [1.54, 1.807) is 7.11 Å². The van der Waals surface area contributed by atoms with Gasteiger partial charge in [0.2, 0.25) is 0 Å². The first kappa shape index (κ1) is 18.2. The van der Waals surface area contributed by atoms with Crippen LogP contribution in [-0.2, 0) is 11.2 Å². The molecule has 21 heavy (non-hydrogen) atoms. The van der Waals surface area contributed by atoms with Gasteiger partial charge in [-0.1, -0.05) is 36.2 Å². The topological polar surface area (TPSA) is 21.3 Å². The van der Waals surface area contributed by atoms with Gasteiger partial charge in [0, 0.05) is 19.3 Å². The third kappa shape index (κ3) is 8.90. The summed E-state index contributed by atoms with van der Waals surface area (Å²) in [7, 11) is 1.78. The molecule has 0 saturated carbocycles. The van der Waals surface area contributed by atoms with Crippen molar-refractivity contribution < 1.29 is 4.74 Å². The Hall–Kier alpha value is -0.860. The second kappa shape index (κ2) is 9.22. The second-order valence-electron chi connectivity index (χ2n) is 7.18. The van der Waals surface area contributed by atoms with Crippen LogP contribution >= 0.6 is 0 Å². The van der Waals surface area contributed by atoms with E-state index in [1.807, 2.05) is 0 Å². The zero-order chi connectivity index (χ0) is 15.7. The van der Waals surface area contributed by atoms with Gasteiger partial charge >= 0.3 is 0 Å². The minimum Gasteiger partial charge on any atom is -0.385 e. The SMILES string of the molecule is COCCCCC(CNC(C)(C)C)Cc1cccc(C)c1. The van der Waals surface area contributed by atoms with Crippen molar-refractivity contribution in [1.29, 1.82) is 0 Å².